The highest BCUT2D eigenvalue weighted by atomic mass is 32.2. The van der Waals surface area contributed by atoms with E-state index in [0.717, 1.165) is 18.2 Å². The Bertz CT molecular complexity index is 491. The molecule has 7 heteroatoms. The van der Waals surface area contributed by atoms with Crippen LogP contribution in [-0.4, -0.2) is 25.5 Å². The Morgan fingerprint density at radius 2 is 1.88 bits per heavy atom. The standard InChI is InChI=1S/C9H9F3O3S/c1-6-4-7(13)2-3-8(6)16(14,15)5-9(10,11)12/h2-4,13H,5H2,1H3. The minimum Gasteiger partial charge on any atom is -0.508 e. The van der Waals surface area contributed by atoms with Gasteiger partial charge in [-0.1, -0.05) is 0 Å². The van der Waals surface area contributed by atoms with E-state index in [1.807, 2.05) is 0 Å². The van der Waals surface area contributed by atoms with Gasteiger partial charge in [0.2, 0.25) is 0 Å². The summed E-state index contributed by atoms with van der Waals surface area (Å²) in [4.78, 5) is -0.414. The number of aromatic hydroxyl groups is 1. The molecule has 1 rings (SSSR count). The SMILES string of the molecule is Cc1cc(O)ccc1S(=O)(=O)CC(F)(F)F. The van der Waals surface area contributed by atoms with Crippen molar-refractivity contribution in [3.63, 3.8) is 0 Å². The molecule has 0 saturated heterocycles. The number of halogens is 3. The Kier molecular flexibility index (Phi) is 3.18. The Morgan fingerprint density at radius 3 is 2.31 bits per heavy atom. The lowest BCUT2D eigenvalue weighted by atomic mass is 10.2. The summed E-state index contributed by atoms with van der Waals surface area (Å²) in [6.45, 7) is 1.32. The lowest BCUT2D eigenvalue weighted by Gasteiger charge is -2.10. The molecule has 0 atom stereocenters. The second-order valence-electron chi connectivity index (χ2n) is 3.32. The first-order valence-corrected chi connectivity index (χ1v) is 5.86. The monoisotopic (exact) mass is 254 g/mol. The van der Waals surface area contributed by atoms with E-state index in [1.54, 1.807) is 0 Å². The van der Waals surface area contributed by atoms with Crippen molar-refractivity contribution in [2.75, 3.05) is 5.75 Å². The number of phenolic OH excluding ortho intramolecular Hbond substituents is 1. The van der Waals surface area contributed by atoms with Crippen molar-refractivity contribution in [3.8, 4) is 5.75 Å². The van der Waals surface area contributed by atoms with Crippen LogP contribution in [0.5, 0.6) is 5.75 Å². The summed E-state index contributed by atoms with van der Waals surface area (Å²) in [5.41, 5.74) is 0.0873. The van der Waals surface area contributed by atoms with Gasteiger partial charge in [0.1, 0.15) is 5.75 Å². The van der Waals surface area contributed by atoms with Crippen molar-refractivity contribution >= 4 is 9.84 Å². The summed E-state index contributed by atoms with van der Waals surface area (Å²) in [6, 6.07) is 3.10. The fourth-order valence-electron chi connectivity index (χ4n) is 1.28. The third-order valence-electron chi connectivity index (χ3n) is 1.85. The summed E-state index contributed by atoms with van der Waals surface area (Å²) in [5, 5.41) is 9.02. The maximum absolute atomic E-state index is 12.0. The van der Waals surface area contributed by atoms with Crippen molar-refractivity contribution in [1.82, 2.24) is 0 Å². The van der Waals surface area contributed by atoms with E-state index in [1.165, 1.54) is 6.92 Å². The van der Waals surface area contributed by atoms with Crippen LogP contribution >= 0.6 is 0 Å². The van der Waals surface area contributed by atoms with E-state index in [9.17, 15) is 21.6 Å². The van der Waals surface area contributed by atoms with Crippen molar-refractivity contribution in [1.29, 1.82) is 0 Å². The fraction of sp³-hybridized carbons (Fsp3) is 0.333. The molecule has 90 valence electrons. The molecule has 0 aliphatic carbocycles. The van der Waals surface area contributed by atoms with Crippen LogP contribution in [0.15, 0.2) is 23.1 Å². The van der Waals surface area contributed by atoms with E-state index < -0.39 is 26.7 Å². The zero-order valence-corrected chi connectivity index (χ0v) is 9.06. The van der Waals surface area contributed by atoms with Crippen molar-refractivity contribution in [2.45, 2.75) is 18.0 Å². The van der Waals surface area contributed by atoms with Crippen LogP contribution in [0.1, 0.15) is 5.56 Å². The Balaban J connectivity index is 3.18. The van der Waals surface area contributed by atoms with E-state index in [2.05, 4.69) is 0 Å². The molecule has 0 fully saturated rings. The van der Waals surface area contributed by atoms with Gasteiger partial charge in [-0.2, -0.15) is 13.2 Å². The molecular formula is C9H9F3O3S. The van der Waals surface area contributed by atoms with Gasteiger partial charge in [-0.05, 0) is 30.7 Å². The van der Waals surface area contributed by atoms with E-state index >= 15 is 0 Å². The lowest BCUT2D eigenvalue weighted by molar-refractivity contribution is -0.106. The summed E-state index contributed by atoms with van der Waals surface area (Å²) in [6.07, 6.45) is -4.77. The van der Waals surface area contributed by atoms with Gasteiger partial charge in [0.05, 0.1) is 4.90 Å². The van der Waals surface area contributed by atoms with Crippen molar-refractivity contribution < 1.29 is 26.7 Å². The van der Waals surface area contributed by atoms with Gasteiger partial charge < -0.3 is 5.11 Å². The molecule has 3 nitrogen and oxygen atoms in total. The topological polar surface area (TPSA) is 54.4 Å². The normalized spacial score (nSPS) is 12.8. The second-order valence-corrected chi connectivity index (χ2v) is 5.28. The Hall–Kier alpha value is -1.24. The van der Waals surface area contributed by atoms with Gasteiger partial charge in [0.15, 0.2) is 15.6 Å². The van der Waals surface area contributed by atoms with Crippen LogP contribution in [-0.2, 0) is 9.84 Å². The number of alkyl halides is 3. The first-order valence-electron chi connectivity index (χ1n) is 4.21. The molecule has 1 N–H and O–H groups in total. The molecule has 0 saturated carbocycles. The highest BCUT2D eigenvalue weighted by Crippen LogP contribution is 2.26. The molecular weight excluding hydrogens is 245 g/mol. The summed E-state index contributed by atoms with van der Waals surface area (Å²) in [7, 11) is -4.40. The van der Waals surface area contributed by atoms with Crippen molar-refractivity contribution in [3.05, 3.63) is 23.8 Å². The summed E-state index contributed by atoms with van der Waals surface area (Å²) < 4.78 is 58.8. The third kappa shape index (κ3) is 3.13. The molecule has 16 heavy (non-hydrogen) atoms. The van der Waals surface area contributed by atoms with Gasteiger partial charge in [0, 0.05) is 0 Å². The van der Waals surface area contributed by atoms with Gasteiger partial charge in [0.25, 0.3) is 0 Å². The number of aryl methyl sites for hydroxylation is 1. The average Bonchev–Trinajstić information content (AvgIpc) is 1.97. The van der Waals surface area contributed by atoms with Crippen molar-refractivity contribution in [2.24, 2.45) is 0 Å². The van der Waals surface area contributed by atoms with Crippen LogP contribution < -0.4 is 0 Å². The summed E-state index contributed by atoms with van der Waals surface area (Å²) in [5.74, 6) is -2.09. The zero-order valence-electron chi connectivity index (χ0n) is 8.25. The van der Waals surface area contributed by atoms with E-state index in [0.29, 0.717) is 0 Å². The Morgan fingerprint density at radius 1 is 1.31 bits per heavy atom. The molecule has 0 bridgehead atoms. The third-order valence-corrected chi connectivity index (χ3v) is 3.68. The molecule has 0 spiro atoms. The number of phenols is 1. The first kappa shape index (κ1) is 12.8. The molecule has 0 unspecified atom stereocenters. The molecule has 1 aromatic carbocycles. The van der Waals surface area contributed by atoms with E-state index in [4.69, 9.17) is 5.11 Å². The number of hydrogen-bond acceptors (Lipinski definition) is 3. The van der Waals surface area contributed by atoms with Gasteiger partial charge >= 0.3 is 6.18 Å². The Labute approximate surface area is 90.4 Å². The lowest BCUT2D eigenvalue weighted by Crippen LogP contribution is -2.23. The van der Waals surface area contributed by atoms with E-state index in [-0.39, 0.29) is 11.3 Å². The van der Waals surface area contributed by atoms with Gasteiger partial charge in [-0.3, -0.25) is 0 Å². The van der Waals surface area contributed by atoms with Crippen LogP contribution in [0, 0.1) is 6.92 Å². The zero-order chi connectivity index (χ0) is 12.6. The smallest absolute Gasteiger partial charge is 0.403 e. The minimum atomic E-state index is -4.77. The molecule has 0 radical (unpaired) electrons. The number of benzene rings is 1. The predicted octanol–water partition coefficient (Wildman–Crippen LogP) is 2.04. The maximum atomic E-state index is 12.0. The highest BCUT2D eigenvalue weighted by molar-refractivity contribution is 7.91. The van der Waals surface area contributed by atoms with Crippen LogP contribution in [0.2, 0.25) is 0 Å². The molecule has 0 aliphatic rings. The highest BCUT2D eigenvalue weighted by Gasteiger charge is 2.36. The minimum absolute atomic E-state index is 0.0873. The van der Waals surface area contributed by atoms with Crippen LogP contribution in [0.3, 0.4) is 0 Å². The van der Waals surface area contributed by atoms with Gasteiger partial charge in [-0.25, -0.2) is 8.42 Å². The fourth-order valence-corrected chi connectivity index (χ4v) is 2.69. The molecule has 0 amide bonds. The number of sulfone groups is 1. The largest absolute Gasteiger partial charge is 0.508 e. The summed E-state index contributed by atoms with van der Waals surface area (Å²) >= 11 is 0. The molecule has 0 aromatic heterocycles. The quantitative estimate of drug-likeness (QED) is 0.878. The maximum Gasteiger partial charge on any atom is 0.403 e. The second kappa shape index (κ2) is 3.97. The average molecular weight is 254 g/mol. The molecule has 0 aliphatic heterocycles. The predicted molar refractivity (Wildman–Crippen MR) is 51.0 cm³/mol. The number of rotatable bonds is 2. The molecule has 0 heterocycles. The van der Waals surface area contributed by atoms with Crippen LogP contribution in [0.25, 0.3) is 0 Å². The van der Waals surface area contributed by atoms with Gasteiger partial charge in [-0.15, -0.1) is 0 Å². The molecule has 1 aromatic rings. The number of hydrogen-bond donors (Lipinski definition) is 1. The first-order chi connectivity index (χ1) is 7.12. The van der Waals surface area contributed by atoms with Crippen LogP contribution in [0.4, 0.5) is 13.2 Å².